The quantitative estimate of drug-likeness (QED) is 0.278. The van der Waals surface area contributed by atoms with Gasteiger partial charge in [0.1, 0.15) is 16.0 Å². The number of rotatable bonds is 2. The Balaban J connectivity index is 1.50. The predicted octanol–water partition coefficient (Wildman–Crippen LogP) is 7.00. The van der Waals surface area contributed by atoms with E-state index in [1.807, 2.05) is 36.5 Å². The van der Waals surface area contributed by atoms with Crippen molar-refractivity contribution in [1.29, 1.82) is 0 Å². The normalized spacial score (nSPS) is 11.8. The molecule has 0 aliphatic heterocycles. The molecule has 7 rings (SSSR count). The zero-order valence-electron chi connectivity index (χ0n) is 16.9. The molecule has 0 N–H and O–H groups in total. The van der Waals surface area contributed by atoms with Crippen molar-refractivity contribution in [3.63, 3.8) is 0 Å². The molecule has 3 heterocycles. The third-order valence-electron chi connectivity index (χ3n) is 5.93. The standard InChI is InChI=1S/C27H16N4S/c1-2-9-20-18(8-1)21(15-17-7-6-14-28-27(17)20)19-10-5-13-25-22(19)16-26(32-25)31-29-23-11-3-4-12-24(23)30-31/h1-16H. The van der Waals surface area contributed by atoms with E-state index in [0.29, 0.717) is 0 Å². The van der Waals surface area contributed by atoms with Gasteiger partial charge in [-0.2, -0.15) is 0 Å². The number of thiophene rings is 1. The summed E-state index contributed by atoms with van der Waals surface area (Å²) in [5.41, 5.74) is 5.27. The molecule has 4 nitrogen and oxygen atoms in total. The second-order valence-electron chi connectivity index (χ2n) is 7.83. The zero-order valence-corrected chi connectivity index (χ0v) is 17.8. The van der Waals surface area contributed by atoms with Gasteiger partial charge in [-0.3, -0.25) is 4.98 Å². The first-order valence-electron chi connectivity index (χ1n) is 10.5. The van der Waals surface area contributed by atoms with Gasteiger partial charge in [-0.15, -0.1) is 26.3 Å². The maximum atomic E-state index is 4.68. The molecule has 0 radical (unpaired) electrons. The summed E-state index contributed by atoms with van der Waals surface area (Å²) in [6.07, 6.45) is 1.86. The van der Waals surface area contributed by atoms with Crippen LogP contribution in [-0.4, -0.2) is 20.0 Å². The molecule has 0 unspecified atom stereocenters. The van der Waals surface area contributed by atoms with Gasteiger partial charge in [0.25, 0.3) is 0 Å². The second kappa shape index (κ2) is 6.70. The van der Waals surface area contributed by atoms with Gasteiger partial charge in [0.05, 0.1) is 5.52 Å². The number of hydrogen-bond donors (Lipinski definition) is 0. The Morgan fingerprint density at radius 1 is 0.625 bits per heavy atom. The van der Waals surface area contributed by atoms with Crippen LogP contribution in [0.25, 0.3) is 58.9 Å². The lowest BCUT2D eigenvalue weighted by atomic mass is 9.94. The lowest BCUT2D eigenvalue weighted by Gasteiger charge is -2.11. The second-order valence-corrected chi connectivity index (χ2v) is 8.89. The molecule has 0 saturated carbocycles. The molecule has 32 heavy (non-hydrogen) atoms. The monoisotopic (exact) mass is 428 g/mol. The molecule has 0 amide bonds. The van der Waals surface area contributed by atoms with Gasteiger partial charge in [-0.05, 0) is 52.9 Å². The van der Waals surface area contributed by atoms with Crippen molar-refractivity contribution in [3.8, 4) is 16.1 Å². The number of nitrogens with zero attached hydrogens (tertiary/aromatic N) is 4. The van der Waals surface area contributed by atoms with E-state index in [2.05, 4.69) is 75.8 Å². The molecule has 4 aromatic carbocycles. The minimum atomic E-state index is 0.901. The van der Waals surface area contributed by atoms with Crippen LogP contribution in [0.3, 0.4) is 0 Å². The van der Waals surface area contributed by atoms with Gasteiger partial charge in [0, 0.05) is 27.1 Å². The van der Waals surface area contributed by atoms with Gasteiger partial charge in [0.15, 0.2) is 0 Å². The summed E-state index contributed by atoms with van der Waals surface area (Å²) in [5, 5.41) is 15.1. The number of hydrogen-bond acceptors (Lipinski definition) is 4. The molecular weight excluding hydrogens is 412 g/mol. The summed E-state index contributed by atoms with van der Waals surface area (Å²) in [5.74, 6) is 0. The molecule has 0 aliphatic rings. The van der Waals surface area contributed by atoms with Crippen molar-refractivity contribution in [2.75, 3.05) is 0 Å². The third-order valence-corrected chi connectivity index (χ3v) is 7.00. The number of benzene rings is 4. The van der Waals surface area contributed by atoms with Gasteiger partial charge >= 0.3 is 0 Å². The highest BCUT2D eigenvalue weighted by Gasteiger charge is 2.15. The first kappa shape index (κ1) is 17.6. The van der Waals surface area contributed by atoms with Crippen LogP contribution >= 0.6 is 11.3 Å². The van der Waals surface area contributed by atoms with Crippen molar-refractivity contribution in [2.45, 2.75) is 0 Å². The van der Waals surface area contributed by atoms with E-state index in [-0.39, 0.29) is 0 Å². The van der Waals surface area contributed by atoms with Gasteiger partial charge < -0.3 is 0 Å². The van der Waals surface area contributed by atoms with Crippen LogP contribution in [0.2, 0.25) is 0 Å². The molecule has 3 aromatic heterocycles. The molecule has 0 spiro atoms. The Bertz CT molecular complexity index is 1760. The summed E-state index contributed by atoms with van der Waals surface area (Å²) in [6.45, 7) is 0. The van der Waals surface area contributed by atoms with E-state index in [9.17, 15) is 0 Å². The topological polar surface area (TPSA) is 43.6 Å². The molecule has 150 valence electrons. The highest BCUT2D eigenvalue weighted by atomic mass is 32.1. The molecule has 0 atom stereocenters. The molecule has 0 saturated heterocycles. The summed E-state index contributed by atoms with van der Waals surface area (Å²) < 4.78 is 1.22. The first-order chi connectivity index (χ1) is 15.8. The highest BCUT2D eigenvalue weighted by Crippen LogP contribution is 2.40. The van der Waals surface area contributed by atoms with Crippen molar-refractivity contribution in [2.24, 2.45) is 0 Å². The minimum absolute atomic E-state index is 0.901. The molecular formula is C27H16N4S. The van der Waals surface area contributed by atoms with Crippen molar-refractivity contribution in [3.05, 3.63) is 97.2 Å². The van der Waals surface area contributed by atoms with E-state index >= 15 is 0 Å². The fraction of sp³-hybridized carbons (Fsp3) is 0. The Labute approximate surface area is 187 Å². The summed E-state index contributed by atoms with van der Waals surface area (Å²) in [6, 6.07) is 31.6. The Morgan fingerprint density at radius 3 is 2.25 bits per heavy atom. The highest BCUT2D eigenvalue weighted by molar-refractivity contribution is 7.21. The molecule has 0 aliphatic carbocycles. The van der Waals surface area contributed by atoms with Crippen LogP contribution in [-0.2, 0) is 0 Å². The number of fused-ring (bicyclic) bond motifs is 5. The van der Waals surface area contributed by atoms with Crippen LogP contribution in [0.15, 0.2) is 97.2 Å². The van der Waals surface area contributed by atoms with E-state index in [1.165, 1.54) is 32.0 Å². The largest absolute Gasteiger partial charge is 0.256 e. The van der Waals surface area contributed by atoms with E-state index in [4.69, 9.17) is 0 Å². The Kier molecular flexibility index (Phi) is 3.68. The van der Waals surface area contributed by atoms with Crippen molar-refractivity contribution >= 4 is 54.1 Å². The molecule has 0 fully saturated rings. The fourth-order valence-corrected chi connectivity index (χ4v) is 5.47. The predicted molar refractivity (Wildman–Crippen MR) is 132 cm³/mol. The number of aromatic nitrogens is 4. The van der Waals surface area contributed by atoms with Crippen molar-refractivity contribution in [1.82, 2.24) is 20.0 Å². The molecule has 7 aromatic rings. The van der Waals surface area contributed by atoms with E-state index < -0.39 is 0 Å². The van der Waals surface area contributed by atoms with E-state index in [0.717, 1.165) is 26.9 Å². The minimum Gasteiger partial charge on any atom is -0.256 e. The lowest BCUT2D eigenvalue weighted by Crippen LogP contribution is -1.94. The first-order valence-corrected chi connectivity index (χ1v) is 11.3. The van der Waals surface area contributed by atoms with Crippen LogP contribution in [0.5, 0.6) is 0 Å². The smallest absolute Gasteiger partial charge is 0.139 e. The summed E-state index contributed by atoms with van der Waals surface area (Å²) in [4.78, 5) is 6.40. The lowest BCUT2D eigenvalue weighted by molar-refractivity contribution is 0.779. The van der Waals surface area contributed by atoms with Crippen LogP contribution in [0.4, 0.5) is 0 Å². The van der Waals surface area contributed by atoms with Crippen LogP contribution < -0.4 is 0 Å². The summed E-state index contributed by atoms with van der Waals surface area (Å²) in [7, 11) is 0. The average molecular weight is 429 g/mol. The molecule has 5 heteroatoms. The van der Waals surface area contributed by atoms with E-state index in [1.54, 1.807) is 16.1 Å². The fourth-order valence-electron chi connectivity index (χ4n) is 4.48. The summed E-state index contributed by atoms with van der Waals surface area (Å²) >= 11 is 1.71. The van der Waals surface area contributed by atoms with Crippen LogP contribution in [0, 0.1) is 0 Å². The molecule has 0 bridgehead atoms. The zero-order chi connectivity index (χ0) is 21.1. The Hall–Kier alpha value is -4.09. The average Bonchev–Trinajstić information content (AvgIpc) is 3.48. The van der Waals surface area contributed by atoms with Gasteiger partial charge in [0.2, 0.25) is 0 Å². The SMILES string of the molecule is c1cnc2c(c1)cc(-c1cccc3sc(-n4nc5ccccc5n4)cc13)c1ccccc12. The van der Waals surface area contributed by atoms with Gasteiger partial charge in [-0.1, -0.05) is 54.6 Å². The van der Waals surface area contributed by atoms with Gasteiger partial charge in [-0.25, -0.2) is 0 Å². The van der Waals surface area contributed by atoms with Crippen molar-refractivity contribution < 1.29 is 0 Å². The third kappa shape index (κ3) is 2.58. The maximum absolute atomic E-state index is 4.68. The Morgan fingerprint density at radius 2 is 1.41 bits per heavy atom. The maximum Gasteiger partial charge on any atom is 0.139 e. The van der Waals surface area contributed by atoms with Crippen LogP contribution in [0.1, 0.15) is 0 Å². The number of pyridine rings is 1.